The van der Waals surface area contributed by atoms with Gasteiger partial charge in [0.25, 0.3) is 0 Å². The predicted octanol–water partition coefficient (Wildman–Crippen LogP) is 2.75. The van der Waals surface area contributed by atoms with E-state index in [1.54, 1.807) is 17.6 Å². The molecule has 0 saturated carbocycles. The number of carboxylic acid groups (broad SMARTS) is 2. The Morgan fingerprint density at radius 2 is 1.83 bits per heavy atom. The van der Waals surface area contributed by atoms with Gasteiger partial charge in [-0.3, -0.25) is 0 Å². The van der Waals surface area contributed by atoms with Crippen LogP contribution in [0.3, 0.4) is 0 Å². The van der Waals surface area contributed by atoms with E-state index in [4.69, 9.17) is 10.2 Å². The highest BCUT2D eigenvalue weighted by atomic mass is 16.4. The number of fused-ring (bicyclic) bond motifs is 1. The van der Waals surface area contributed by atoms with Crippen molar-refractivity contribution in [3.05, 3.63) is 60.3 Å². The second kappa shape index (κ2) is 6.29. The van der Waals surface area contributed by atoms with Gasteiger partial charge in [0.05, 0.1) is 11.0 Å². The number of amides is 2. The normalized spacial score (nSPS) is 10.5. The van der Waals surface area contributed by atoms with E-state index in [-0.39, 0.29) is 5.82 Å². The van der Waals surface area contributed by atoms with Gasteiger partial charge in [0.15, 0.2) is 5.82 Å². The minimum absolute atomic E-state index is 0.0186. The molecule has 3 rings (SSSR count). The third kappa shape index (κ3) is 3.12. The maximum absolute atomic E-state index is 11.2. The van der Waals surface area contributed by atoms with Crippen molar-refractivity contribution >= 4 is 29.0 Å². The number of carbonyl (C=O) groups is 2. The van der Waals surface area contributed by atoms with Crippen molar-refractivity contribution < 1.29 is 19.8 Å². The average molecular weight is 326 g/mol. The Balaban J connectivity index is 1.93. The van der Waals surface area contributed by atoms with Gasteiger partial charge in [-0.2, -0.15) is 5.01 Å². The van der Waals surface area contributed by atoms with Crippen LogP contribution in [0, 0.1) is 0 Å². The van der Waals surface area contributed by atoms with Crippen LogP contribution in [-0.2, 0) is 6.54 Å². The molecule has 0 aliphatic carbocycles. The number of nitrogens with one attached hydrogen (secondary N) is 1. The van der Waals surface area contributed by atoms with Crippen molar-refractivity contribution in [3.8, 4) is 0 Å². The Labute approximate surface area is 136 Å². The molecule has 2 aromatic heterocycles. The summed E-state index contributed by atoms with van der Waals surface area (Å²) in [6.07, 6.45) is -1.10. The van der Waals surface area contributed by atoms with Crippen LogP contribution in [0.25, 0.3) is 11.0 Å². The van der Waals surface area contributed by atoms with E-state index in [0.717, 1.165) is 11.1 Å². The summed E-state index contributed by atoms with van der Waals surface area (Å²) >= 11 is 0. The Morgan fingerprint density at radius 3 is 2.50 bits per heavy atom. The molecule has 3 aromatic rings. The largest absolute Gasteiger partial charge is 0.464 e. The second-order valence-corrected chi connectivity index (χ2v) is 5.04. The van der Waals surface area contributed by atoms with Crippen LogP contribution in [0.5, 0.6) is 0 Å². The van der Waals surface area contributed by atoms with Crippen LogP contribution in [0.4, 0.5) is 15.4 Å². The van der Waals surface area contributed by atoms with Gasteiger partial charge in [-0.25, -0.2) is 20.0 Å². The first-order valence-corrected chi connectivity index (χ1v) is 7.07. The molecule has 2 heterocycles. The van der Waals surface area contributed by atoms with Crippen LogP contribution < -0.4 is 10.4 Å². The van der Waals surface area contributed by atoms with Gasteiger partial charge in [0.1, 0.15) is 0 Å². The van der Waals surface area contributed by atoms with Crippen molar-refractivity contribution in [2.24, 2.45) is 0 Å². The van der Waals surface area contributed by atoms with Crippen molar-refractivity contribution in [1.29, 1.82) is 0 Å². The highest BCUT2D eigenvalue weighted by molar-refractivity contribution is 5.89. The summed E-state index contributed by atoms with van der Waals surface area (Å²) in [5.41, 5.74) is 4.31. The lowest BCUT2D eigenvalue weighted by molar-refractivity contribution is 0.181. The molecule has 0 spiro atoms. The number of hydrazine groups is 1. The number of hydrogen-bond donors (Lipinski definition) is 3. The third-order valence-electron chi connectivity index (χ3n) is 3.43. The number of hydrogen-bond acceptors (Lipinski definition) is 3. The molecule has 0 unspecified atom stereocenters. The summed E-state index contributed by atoms with van der Waals surface area (Å²) in [4.78, 5) is 26.1. The zero-order valence-electron chi connectivity index (χ0n) is 12.5. The van der Waals surface area contributed by atoms with E-state index in [9.17, 15) is 9.59 Å². The lowest BCUT2D eigenvalue weighted by atomic mass is 10.2. The topological polar surface area (TPSA) is 108 Å². The number of benzene rings is 1. The summed E-state index contributed by atoms with van der Waals surface area (Å²) in [5, 5.41) is 18.3. The van der Waals surface area contributed by atoms with Gasteiger partial charge in [-0.05, 0) is 23.8 Å². The fourth-order valence-corrected chi connectivity index (χ4v) is 2.40. The first kappa shape index (κ1) is 15.3. The molecule has 2 amide bonds. The van der Waals surface area contributed by atoms with Crippen LogP contribution in [0.2, 0.25) is 0 Å². The van der Waals surface area contributed by atoms with Crippen molar-refractivity contribution in [2.75, 3.05) is 5.01 Å². The molecule has 3 N–H and O–H groups in total. The molecule has 0 aliphatic heterocycles. The second-order valence-electron chi connectivity index (χ2n) is 5.04. The van der Waals surface area contributed by atoms with Gasteiger partial charge < -0.3 is 14.8 Å². The van der Waals surface area contributed by atoms with E-state index in [2.05, 4.69) is 4.98 Å². The minimum atomic E-state index is -1.49. The molecule has 0 bridgehead atoms. The smallest absolute Gasteiger partial charge is 0.432 e. The number of nitrogens with zero attached hydrogens (tertiary/aromatic N) is 3. The van der Waals surface area contributed by atoms with E-state index >= 15 is 0 Å². The number of aromatic nitrogens is 2. The van der Waals surface area contributed by atoms with Gasteiger partial charge in [-0.15, -0.1) is 0 Å². The summed E-state index contributed by atoms with van der Waals surface area (Å²) in [5.74, 6) is -0.0186. The zero-order chi connectivity index (χ0) is 17.1. The highest BCUT2D eigenvalue weighted by Gasteiger charge is 2.19. The SMILES string of the molecule is O=C(O)NN(C(=O)O)c1ccc2c(ccn2Cc2ccccc2)n1. The Bertz CT molecular complexity index is 891. The fourth-order valence-electron chi connectivity index (χ4n) is 2.40. The molecule has 0 atom stereocenters. The molecule has 0 fully saturated rings. The molecule has 8 nitrogen and oxygen atoms in total. The van der Waals surface area contributed by atoms with Gasteiger partial charge in [0.2, 0.25) is 0 Å². The number of pyridine rings is 1. The van der Waals surface area contributed by atoms with Crippen LogP contribution in [0.1, 0.15) is 5.56 Å². The summed E-state index contributed by atoms with van der Waals surface area (Å²) < 4.78 is 1.98. The van der Waals surface area contributed by atoms with E-state index < -0.39 is 12.2 Å². The Morgan fingerprint density at radius 1 is 1.08 bits per heavy atom. The quantitative estimate of drug-likeness (QED) is 0.641. The predicted molar refractivity (Wildman–Crippen MR) is 86.9 cm³/mol. The van der Waals surface area contributed by atoms with Crippen LogP contribution in [0.15, 0.2) is 54.7 Å². The van der Waals surface area contributed by atoms with Crippen molar-refractivity contribution in [3.63, 3.8) is 0 Å². The fraction of sp³-hybridized carbons (Fsp3) is 0.0625. The molecule has 122 valence electrons. The molecule has 24 heavy (non-hydrogen) atoms. The van der Waals surface area contributed by atoms with E-state index in [1.165, 1.54) is 6.07 Å². The molecular weight excluding hydrogens is 312 g/mol. The first-order chi connectivity index (χ1) is 11.5. The molecule has 0 saturated heterocycles. The van der Waals surface area contributed by atoms with Crippen LogP contribution >= 0.6 is 0 Å². The average Bonchev–Trinajstić information content (AvgIpc) is 2.95. The molecule has 0 radical (unpaired) electrons. The van der Waals surface area contributed by atoms with E-state index in [1.807, 2.05) is 41.1 Å². The Kier molecular flexibility index (Phi) is 4.02. The lowest BCUT2D eigenvalue weighted by Gasteiger charge is -2.16. The van der Waals surface area contributed by atoms with Gasteiger partial charge in [-0.1, -0.05) is 30.3 Å². The number of anilines is 1. The first-order valence-electron chi connectivity index (χ1n) is 7.07. The van der Waals surface area contributed by atoms with Gasteiger partial charge >= 0.3 is 12.2 Å². The van der Waals surface area contributed by atoms with Crippen molar-refractivity contribution in [1.82, 2.24) is 15.0 Å². The number of rotatable bonds is 3. The monoisotopic (exact) mass is 326 g/mol. The maximum Gasteiger partial charge on any atom is 0.432 e. The maximum atomic E-state index is 11.2. The molecule has 0 aliphatic rings. The highest BCUT2D eigenvalue weighted by Crippen LogP contribution is 2.20. The standard InChI is InChI=1S/C16H14N4O4/c21-15(22)18-20(16(23)24)14-7-6-13-12(17-14)8-9-19(13)10-11-4-2-1-3-5-11/h1-9,18H,10H2,(H,21,22)(H,23,24). The summed E-state index contributed by atoms with van der Waals surface area (Å²) in [6, 6.07) is 14.8. The molecule has 8 heteroatoms. The minimum Gasteiger partial charge on any atom is -0.464 e. The summed E-state index contributed by atoms with van der Waals surface area (Å²) in [7, 11) is 0. The lowest BCUT2D eigenvalue weighted by Crippen LogP contribution is -2.45. The molecular formula is C16H14N4O4. The van der Waals surface area contributed by atoms with Crippen molar-refractivity contribution in [2.45, 2.75) is 6.54 Å². The zero-order valence-corrected chi connectivity index (χ0v) is 12.5. The summed E-state index contributed by atoms with van der Waals surface area (Å²) in [6.45, 7) is 0.654. The molecule has 1 aromatic carbocycles. The Hall–Kier alpha value is -3.55. The third-order valence-corrected chi connectivity index (χ3v) is 3.43. The van der Waals surface area contributed by atoms with E-state index in [0.29, 0.717) is 17.1 Å². The van der Waals surface area contributed by atoms with Gasteiger partial charge in [0, 0.05) is 12.7 Å². The van der Waals surface area contributed by atoms with Crippen LogP contribution in [-0.4, -0.2) is 32.0 Å².